The van der Waals surface area contributed by atoms with Gasteiger partial charge in [0.15, 0.2) is 0 Å². The molecule has 1 heteroatoms. The van der Waals surface area contributed by atoms with Crippen LogP contribution in [0.5, 0.6) is 0 Å². The normalized spacial score (nSPS) is 26.4. The smallest absolute Gasteiger partial charge is 0.00425 e. The highest BCUT2D eigenvalue weighted by Gasteiger charge is 2.13. The minimum absolute atomic E-state index is 0.807. The van der Waals surface area contributed by atoms with E-state index in [4.69, 9.17) is 5.73 Å². The van der Waals surface area contributed by atoms with Crippen LogP contribution in [0, 0.1) is 5.92 Å². The van der Waals surface area contributed by atoms with Gasteiger partial charge < -0.3 is 5.73 Å². The Morgan fingerprint density at radius 2 is 2.21 bits per heavy atom. The fraction of sp³-hybridized carbons (Fsp3) is 0.846. The van der Waals surface area contributed by atoms with Gasteiger partial charge in [-0.2, -0.15) is 0 Å². The Balaban J connectivity index is 2.32. The van der Waals surface area contributed by atoms with E-state index in [-0.39, 0.29) is 0 Å². The first kappa shape index (κ1) is 11.8. The van der Waals surface area contributed by atoms with E-state index in [1.807, 2.05) is 0 Å². The van der Waals surface area contributed by atoms with E-state index in [1.54, 1.807) is 5.57 Å². The molecule has 0 aromatic rings. The predicted molar refractivity (Wildman–Crippen MR) is 63.2 cm³/mol. The summed E-state index contributed by atoms with van der Waals surface area (Å²) in [6, 6.07) is 0. The summed E-state index contributed by atoms with van der Waals surface area (Å²) < 4.78 is 0. The molecular weight excluding hydrogens is 170 g/mol. The summed E-state index contributed by atoms with van der Waals surface area (Å²) in [7, 11) is 0. The Morgan fingerprint density at radius 3 is 2.93 bits per heavy atom. The summed E-state index contributed by atoms with van der Waals surface area (Å²) in [5.41, 5.74) is 7.19. The molecule has 1 unspecified atom stereocenters. The van der Waals surface area contributed by atoms with E-state index in [0.29, 0.717) is 0 Å². The molecule has 1 fully saturated rings. The van der Waals surface area contributed by atoms with Gasteiger partial charge in [0.1, 0.15) is 0 Å². The third-order valence-corrected chi connectivity index (χ3v) is 3.28. The van der Waals surface area contributed by atoms with Crippen LogP contribution in [0.4, 0.5) is 0 Å². The Bertz CT molecular complexity index is 172. The standard InChI is InChI=1S/C13H25N/c1-2-5-12-6-3-7-13(10-9-12)8-4-11-14/h8,12H,2-7,9-11,14H2,1H3. The molecular formula is C13H25N. The van der Waals surface area contributed by atoms with Crippen LogP contribution in [0.3, 0.4) is 0 Å². The van der Waals surface area contributed by atoms with Crippen molar-refractivity contribution >= 4 is 0 Å². The van der Waals surface area contributed by atoms with Crippen LogP contribution in [0.1, 0.15) is 58.3 Å². The van der Waals surface area contributed by atoms with Crippen LogP contribution < -0.4 is 5.73 Å². The summed E-state index contributed by atoms with van der Waals surface area (Å²) in [5, 5.41) is 0. The minimum Gasteiger partial charge on any atom is -0.330 e. The number of rotatable bonds is 4. The van der Waals surface area contributed by atoms with E-state index >= 15 is 0 Å². The van der Waals surface area contributed by atoms with Crippen molar-refractivity contribution in [2.75, 3.05) is 6.54 Å². The quantitative estimate of drug-likeness (QED) is 0.538. The lowest BCUT2D eigenvalue weighted by Gasteiger charge is -2.11. The second kappa shape index (κ2) is 7.05. The zero-order valence-corrected chi connectivity index (χ0v) is 9.60. The molecule has 1 nitrogen and oxygen atoms in total. The minimum atomic E-state index is 0.807. The van der Waals surface area contributed by atoms with Crippen LogP contribution in [0.15, 0.2) is 11.6 Å². The molecule has 0 aliphatic heterocycles. The van der Waals surface area contributed by atoms with Crippen LogP contribution in [0.25, 0.3) is 0 Å². The van der Waals surface area contributed by atoms with Gasteiger partial charge in [-0.1, -0.05) is 37.8 Å². The zero-order chi connectivity index (χ0) is 10.2. The fourth-order valence-corrected chi connectivity index (χ4v) is 2.47. The van der Waals surface area contributed by atoms with E-state index < -0.39 is 0 Å². The first-order chi connectivity index (χ1) is 6.86. The summed E-state index contributed by atoms with van der Waals surface area (Å²) in [6.07, 6.45) is 13.2. The van der Waals surface area contributed by atoms with Gasteiger partial charge in [-0.3, -0.25) is 0 Å². The highest BCUT2D eigenvalue weighted by atomic mass is 14.5. The zero-order valence-electron chi connectivity index (χ0n) is 9.60. The Labute approximate surface area is 88.8 Å². The van der Waals surface area contributed by atoms with E-state index in [9.17, 15) is 0 Å². The van der Waals surface area contributed by atoms with Crippen LogP contribution in [-0.2, 0) is 0 Å². The average Bonchev–Trinajstić information content (AvgIpc) is 2.41. The highest BCUT2D eigenvalue weighted by Crippen LogP contribution is 2.29. The molecule has 2 N–H and O–H groups in total. The highest BCUT2D eigenvalue weighted by molar-refractivity contribution is 5.03. The summed E-state index contributed by atoms with van der Waals surface area (Å²) >= 11 is 0. The van der Waals surface area contributed by atoms with Gasteiger partial charge in [-0.05, 0) is 44.6 Å². The molecule has 1 atom stereocenters. The van der Waals surface area contributed by atoms with Crippen molar-refractivity contribution in [1.82, 2.24) is 0 Å². The lowest BCUT2D eigenvalue weighted by molar-refractivity contribution is 0.426. The Hall–Kier alpha value is -0.300. The third kappa shape index (κ3) is 4.28. The molecule has 1 saturated carbocycles. The maximum absolute atomic E-state index is 5.52. The molecule has 1 aliphatic carbocycles. The largest absolute Gasteiger partial charge is 0.330 e. The second-order valence-corrected chi connectivity index (χ2v) is 4.53. The topological polar surface area (TPSA) is 26.0 Å². The first-order valence-corrected chi connectivity index (χ1v) is 6.24. The van der Waals surface area contributed by atoms with E-state index in [0.717, 1.165) is 18.9 Å². The van der Waals surface area contributed by atoms with Crippen LogP contribution in [-0.4, -0.2) is 6.54 Å². The van der Waals surface area contributed by atoms with Crippen LogP contribution in [0.2, 0.25) is 0 Å². The van der Waals surface area contributed by atoms with Crippen molar-refractivity contribution in [2.24, 2.45) is 11.7 Å². The van der Waals surface area contributed by atoms with Gasteiger partial charge >= 0.3 is 0 Å². The molecule has 0 aromatic heterocycles. The van der Waals surface area contributed by atoms with Gasteiger partial charge in [0, 0.05) is 0 Å². The van der Waals surface area contributed by atoms with Crippen molar-refractivity contribution < 1.29 is 0 Å². The number of nitrogens with two attached hydrogens (primary N) is 1. The maximum atomic E-state index is 5.52. The van der Waals surface area contributed by atoms with Gasteiger partial charge in [-0.25, -0.2) is 0 Å². The van der Waals surface area contributed by atoms with Gasteiger partial charge in [0.2, 0.25) is 0 Å². The Kier molecular flexibility index (Phi) is 5.93. The molecule has 1 rings (SSSR count). The van der Waals surface area contributed by atoms with Gasteiger partial charge in [-0.15, -0.1) is 0 Å². The van der Waals surface area contributed by atoms with Crippen LogP contribution >= 0.6 is 0 Å². The Morgan fingerprint density at radius 1 is 1.36 bits per heavy atom. The van der Waals surface area contributed by atoms with Crippen molar-refractivity contribution in [3.05, 3.63) is 11.6 Å². The lowest BCUT2D eigenvalue weighted by Crippen LogP contribution is -1.97. The summed E-state index contributed by atoms with van der Waals surface area (Å²) in [6.45, 7) is 3.11. The molecule has 0 radical (unpaired) electrons. The molecule has 0 heterocycles. The lowest BCUT2D eigenvalue weighted by atomic mass is 9.95. The molecule has 0 saturated heterocycles. The van der Waals surface area contributed by atoms with E-state index in [1.165, 1.54) is 44.9 Å². The second-order valence-electron chi connectivity index (χ2n) is 4.53. The number of hydrogen-bond acceptors (Lipinski definition) is 1. The molecule has 0 aromatic carbocycles. The third-order valence-electron chi connectivity index (χ3n) is 3.28. The molecule has 14 heavy (non-hydrogen) atoms. The monoisotopic (exact) mass is 195 g/mol. The van der Waals surface area contributed by atoms with Gasteiger partial charge in [0.05, 0.1) is 0 Å². The summed E-state index contributed by atoms with van der Waals surface area (Å²) in [5.74, 6) is 1.00. The SMILES string of the molecule is CCCC1CCCC(=CCCN)CC1. The molecule has 0 amide bonds. The number of allylic oxidation sites excluding steroid dienone is 1. The van der Waals surface area contributed by atoms with E-state index in [2.05, 4.69) is 13.0 Å². The molecule has 0 spiro atoms. The van der Waals surface area contributed by atoms with Crippen molar-refractivity contribution in [2.45, 2.75) is 58.3 Å². The summed E-state index contributed by atoms with van der Waals surface area (Å²) in [4.78, 5) is 0. The average molecular weight is 195 g/mol. The molecule has 82 valence electrons. The maximum Gasteiger partial charge on any atom is -0.00425 e. The van der Waals surface area contributed by atoms with Crippen molar-refractivity contribution in [1.29, 1.82) is 0 Å². The molecule has 1 aliphatic rings. The number of hydrogen-bond donors (Lipinski definition) is 1. The first-order valence-electron chi connectivity index (χ1n) is 6.24. The predicted octanol–water partition coefficient (Wildman–Crippen LogP) is 3.64. The van der Waals surface area contributed by atoms with Crippen molar-refractivity contribution in [3.63, 3.8) is 0 Å². The fourth-order valence-electron chi connectivity index (χ4n) is 2.47. The van der Waals surface area contributed by atoms with Crippen molar-refractivity contribution in [3.8, 4) is 0 Å². The molecule has 0 bridgehead atoms. The van der Waals surface area contributed by atoms with Gasteiger partial charge in [0.25, 0.3) is 0 Å².